The Hall–Kier alpha value is -0.130. The van der Waals surface area contributed by atoms with E-state index in [-0.39, 0.29) is 6.10 Å². The van der Waals surface area contributed by atoms with Crippen LogP contribution in [0.2, 0.25) is 0 Å². The van der Waals surface area contributed by atoms with Crippen LogP contribution in [0.15, 0.2) is 0 Å². The van der Waals surface area contributed by atoms with Gasteiger partial charge in [-0.3, -0.25) is 4.18 Å². The van der Waals surface area contributed by atoms with Crippen molar-refractivity contribution in [2.75, 3.05) is 19.3 Å². The molecule has 0 bridgehead atoms. The van der Waals surface area contributed by atoms with Crippen molar-refractivity contribution in [2.24, 2.45) is 5.41 Å². The number of hydrogen-bond donors (Lipinski definition) is 1. The molecule has 13 heavy (non-hydrogen) atoms. The molecule has 0 amide bonds. The minimum absolute atomic E-state index is 0.0603. The van der Waals surface area contributed by atoms with E-state index in [1.54, 1.807) is 0 Å². The molecule has 0 atom stereocenters. The summed E-state index contributed by atoms with van der Waals surface area (Å²) in [6, 6.07) is 0. The normalized spacial score (nSPS) is 39.3. The van der Waals surface area contributed by atoms with Gasteiger partial charge in [-0.05, 0) is 31.2 Å². The summed E-state index contributed by atoms with van der Waals surface area (Å²) < 4.78 is 26.5. The van der Waals surface area contributed by atoms with Gasteiger partial charge in [0.15, 0.2) is 0 Å². The van der Waals surface area contributed by atoms with Crippen molar-refractivity contribution >= 4 is 10.1 Å². The molecule has 2 aliphatic rings. The molecule has 1 heterocycles. The molecule has 2 rings (SSSR count). The molecular formula is C8H15NO3S. The zero-order chi connectivity index (χ0) is 9.53. The van der Waals surface area contributed by atoms with Gasteiger partial charge in [-0.25, -0.2) is 0 Å². The highest BCUT2D eigenvalue weighted by Gasteiger charge is 2.47. The van der Waals surface area contributed by atoms with Crippen molar-refractivity contribution in [3.63, 3.8) is 0 Å². The van der Waals surface area contributed by atoms with E-state index in [2.05, 4.69) is 5.32 Å². The van der Waals surface area contributed by atoms with Crippen LogP contribution in [0.3, 0.4) is 0 Å². The van der Waals surface area contributed by atoms with Crippen molar-refractivity contribution in [3.05, 3.63) is 0 Å². The minimum Gasteiger partial charge on any atom is -0.316 e. The van der Waals surface area contributed by atoms with Gasteiger partial charge in [0.25, 0.3) is 10.1 Å². The van der Waals surface area contributed by atoms with Gasteiger partial charge < -0.3 is 5.32 Å². The fourth-order valence-corrected chi connectivity index (χ4v) is 3.00. The third-order valence-corrected chi connectivity index (χ3v) is 3.59. The predicted octanol–water partition coefficient (Wildman–Crippen LogP) is 0.105. The number of hydrogen-bond acceptors (Lipinski definition) is 4. The molecule has 1 saturated carbocycles. The van der Waals surface area contributed by atoms with Gasteiger partial charge in [0, 0.05) is 6.54 Å². The van der Waals surface area contributed by atoms with Crippen LogP contribution < -0.4 is 5.32 Å². The van der Waals surface area contributed by atoms with Gasteiger partial charge in [-0.1, -0.05) is 0 Å². The quantitative estimate of drug-likeness (QED) is 0.650. The van der Waals surface area contributed by atoms with E-state index in [0.717, 1.165) is 38.6 Å². The molecule has 1 saturated heterocycles. The first-order valence-electron chi connectivity index (χ1n) is 4.58. The molecule has 0 unspecified atom stereocenters. The van der Waals surface area contributed by atoms with Gasteiger partial charge in [0.1, 0.15) is 0 Å². The molecule has 1 aliphatic carbocycles. The van der Waals surface area contributed by atoms with Crippen LogP contribution in [0.1, 0.15) is 19.3 Å². The summed E-state index contributed by atoms with van der Waals surface area (Å²) >= 11 is 0. The van der Waals surface area contributed by atoms with Crippen LogP contribution in [0, 0.1) is 5.41 Å². The Balaban J connectivity index is 1.84. The van der Waals surface area contributed by atoms with Crippen molar-refractivity contribution in [2.45, 2.75) is 25.4 Å². The smallest absolute Gasteiger partial charge is 0.264 e. The SMILES string of the molecule is CS(=O)(=O)OC1CC2(CCNC2)C1. The summed E-state index contributed by atoms with van der Waals surface area (Å²) in [4.78, 5) is 0. The predicted molar refractivity (Wildman–Crippen MR) is 48.9 cm³/mol. The summed E-state index contributed by atoms with van der Waals surface area (Å²) in [7, 11) is -3.25. The van der Waals surface area contributed by atoms with Crippen LogP contribution in [0.5, 0.6) is 0 Å². The monoisotopic (exact) mass is 205 g/mol. The summed E-state index contributed by atoms with van der Waals surface area (Å²) in [5.41, 5.74) is 0.357. The van der Waals surface area contributed by atoms with E-state index in [9.17, 15) is 8.42 Å². The van der Waals surface area contributed by atoms with Crippen molar-refractivity contribution in [1.82, 2.24) is 5.32 Å². The maximum atomic E-state index is 10.8. The molecule has 1 spiro atoms. The maximum Gasteiger partial charge on any atom is 0.264 e. The Bertz CT molecular complexity index is 285. The Kier molecular flexibility index (Phi) is 2.13. The van der Waals surface area contributed by atoms with E-state index >= 15 is 0 Å². The molecule has 76 valence electrons. The van der Waals surface area contributed by atoms with E-state index < -0.39 is 10.1 Å². The molecule has 1 N–H and O–H groups in total. The summed E-state index contributed by atoms with van der Waals surface area (Å²) in [6.45, 7) is 2.09. The van der Waals surface area contributed by atoms with Crippen molar-refractivity contribution in [1.29, 1.82) is 0 Å². The molecule has 5 heteroatoms. The van der Waals surface area contributed by atoms with Gasteiger partial charge >= 0.3 is 0 Å². The Morgan fingerprint density at radius 3 is 2.62 bits per heavy atom. The first kappa shape index (κ1) is 9.43. The van der Waals surface area contributed by atoms with Crippen molar-refractivity contribution < 1.29 is 12.6 Å². The standard InChI is InChI=1S/C8H15NO3S/c1-13(10,11)12-7-4-8(5-7)2-3-9-6-8/h7,9H,2-6H2,1H3. The van der Waals surface area contributed by atoms with Crippen molar-refractivity contribution in [3.8, 4) is 0 Å². The highest BCUT2D eigenvalue weighted by atomic mass is 32.2. The lowest BCUT2D eigenvalue weighted by Crippen LogP contribution is -2.44. The van der Waals surface area contributed by atoms with Gasteiger partial charge in [0.2, 0.25) is 0 Å². The summed E-state index contributed by atoms with van der Waals surface area (Å²) in [5.74, 6) is 0. The largest absolute Gasteiger partial charge is 0.316 e. The van der Waals surface area contributed by atoms with E-state index in [1.807, 2.05) is 0 Å². The lowest BCUT2D eigenvalue weighted by molar-refractivity contribution is 0.00378. The molecule has 0 aromatic heterocycles. The zero-order valence-corrected chi connectivity index (χ0v) is 8.56. The van der Waals surface area contributed by atoms with E-state index in [4.69, 9.17) is 4.18 Å². The van der Waals surface area contributed by atoms with Crippen LogP contribution in [-0.4, -0.2) is 33.9 Å². The third kappa shape index (κ3) is 2.03. The molecule has 2 fully saturated rings. The van der Waals surface area contributed by atoms with Gasteiger partial charge in [-0.15, -0.1) is 0 Å². The van der Waals surface area contributed by atoms with Crippen LogP contribution in [0.25, 0.3) is 0 Å². The summed E-state index contributed by atoms with van der Waals surface area (Å²) in [6.07, 6.45) is 4.01. The second kappa shape index (κ2) is 2.93. The average molecular weight is 205 g/mol. The molecule has 0 aromatic carbocycles. The molecule has 1 aliphatic heterocycles. The van der Waals surface area contributed by atoms with Crippen LogP contribution in [0.4, 0.5) is 0 Å². The molecule has 4 nitrogen and oxygen atoms in total. The van der Waals surface area contributed by atoms with Gasteiger partial charge in [0.05, 0.1) is 12.4 Å². The van der Waals surface area contributed by atoms with Crippen LogP contribution >= 0.6 is 0 Å². The second-order valence-corrected chi connectivity index (χ2v) is 5.86. The Morgan fingerprint density at radius 1 is 1.46 bits per heavy atom. The molecular weight excluding hydrogens is 190 g/mol. The highest BCUT2D eigenvalue weighted by molar-refractivity contribution is 7.86. The first-order valence-corrected chi connectivity index (χ1v) is 6.40. The lowest BCUT2D eigenvalue weighted by Gasteiger charge is -2.43. The van der Waals surface area contributed by atoms with Crippen LogP contribution in [-0.2, 0) is 14.3 Å². The molecule has 0 aromatic rings. The number of nitrogens with one attached hydrogen (secondary N) is 1. The highest BCUT2D eigenvalue weighted by Crippen LogP contribution is 2.47. The molecule has 0 radical (unpaired) electrons. The Morgan fingerprint density at radius 2 is 2.15 bits per heavy atom. The Labute approximate surface area is 78.8 Å². The van der Waals surface area contributed by atoms with Gasteiger partial charge in [-0.2, -0.15) is 8.42 Å². The third-order valence-electron chi connectivity index (χ3n) is 2.96. The summed E-state index contributed by atoms with van der Waals surface area (Å²) in [5, 5.41) is 3.29. The second-order valence-electron chi connectivity index (χ2n) is 4.26. The number of rotatable bonds is 2. The van der Waals surface area contributed by atoms with E-state index in [1.165, 1.54) is 0 Å². The minimum atomic E-state index is -3.25. The first-order chi connectivity index (χ1) is 5.99. The van der Waals surface area contributed by atoms with E-state index in [0.29, 0.717) is 5.41 Å². The zero-order valence-electron chi connectivity index (χ0n) is 7.75. The lowest BCUT2D eigenvalue weighted by atomic mass is 9.66. The maximum absolute atomic E-state index is 10.8. The average Bonchev–Trinajstić information content (AvgIpc) is 2.30. The topological polar surface area (TPSA) is 55.4 Å². The fraction of sp³-hybridized carbons (Fsp3) is 1.00. The fourth-order valence-electron chi connectivity index (χ4n) is 2.37.